The second-order valence-electron chi connectivity index (χ2n) is 6.28. The number of hydrogen-bond donors (Lipinski definition) is 2. The quantitative estimate of drug-likeness (QED) is 0.400. The Morgan fingerprint density at radius 2 is 1.76 bits per heavy atom. The Morgan fingerprint density at radius 3 is 2.45 bits per heavy atom. The van der Waals surface area contributed by atoms with Crippen molar-refractivity contribution in [2.24, 2.45) is 0 Å². The fourth-order valence-corrected chi connectivity index (χ4v) is 3.22. The number of aldehydes is 1. The topological polar surface area (TPSA) is 105 Å². The maximum absolute atomic E-state index is 14.1. The SMILES string of the molecule is O=Cc1ccc(-c2c3cc(F)c(=O)cc-3oc3cc(O)c(F)cc23)c(C(=O)O)c1. The number of carboxylic acids is 1. The van der Waals surface area contributed by atoms with Crippen molar-refractivity contribution < 1.29 is 33.0 Å². The van der Waals surface area contributed by atoms with Crippen LogP contribution < -0.4 is 5.43 Å². The van der Waals surface area contributed by atoms with Crippen LogP contribution in [0, 0.1) is 11.6 Å². The van der Waals surface area contributed by atoms with Crippen LogP contribution in [0.2, 0.25) is 0 Å². The van der Waals surface area contributed by atoms with Gasteiger partial charge in [0.05, 0.1) is 5.56 Å². The smallest absolute Gasteiger partial charge is 0.336 e. The van der Waals surface area contributed by atoms with Crippen molar-refractivity contribution in [2.45, 2.75) is 0 Å². The first kappa shape index (κ1) is 18.3. The highest BCUT2D eigenvalue weighted by atomic mass is 19.1. The fourth-order valence-electron chi connectivity index (χ4n) is 3.22. The summed E-state index contributed by atoms with van der Waals surface area (Å²) in [6, 6.07) is 7.46. The van der Waals surface area contributed by atoms with Gasteiger partial charge in [0.1, 0.15) is 17.6 Å². The van der Waals surface area contributed by atoms with Gasteiger partial charge in [0.15, 0.2) is 17.4 Å². The molecule has 0 bridgehead atoms. The highest BCUT2D eigenvalue weighted by Crippen LogP contribution is 2.42. The molecule has 2 aliphatic rings. The number of aromatic carboxylic acids is 1. The van der Waals surface area contributed by atoms with Crippen LogP contribution in [0.3, 0.4) is 0 Å². The van der Waals surface area contributed by atoms with E-state index in [1.165, 1.54) is 12.1 Å². The summed E-state index contributed by atoms with van der Waals surface area (Å²) in [5, 5.41) is 19.3. The fraction of sp³-hybridized carbons (Fsp3) is 0. The minimum atomic E-state index is -1.37. The number of phenolic OH excluding ortho intramolecular Hbond substituents is 1. The molecule has 1 aliphatic heterocycles. The molecule has 4 rings (SSSR count). The van der Waals surface area contributed by atoms with E-state index in [1.807, 2.05) is 0 Å². The third-order valence-corrected chi connectivity index (χ3v) is 4.52. The van der Waals surface area contributed by atoms with E-state index in [0.717, 1.165) is 30.3 Å². The van der Waals surface area contributed by atoms with Gasteiger partial charge in [-0.15, -0.1) is 0 Å². The Kier molecular flexibility index (Phi) is 4.11. The minimum absolute atomic E-state index is 0.0287. The van der Waals surface area contributed by atoms with Gasteiger partial charge < -0.3 is 14.6 Å². The average Bonchev–Trinajstić information content (AvgIpc) is 2.68. The van der Waals surface area contributed by atoms with Crippen LogP contribution in [0.25, 0.3) is 33.4 Å². The summed E-state index contributed by atoms with van der Waals surface area (Å²) in [5.41, 5.74) is -1.03. The van der Waals surface area contributed by atoms with Crippen molar-refractivity contribution in [3.05, 3.63) is 75.4 Å². The molecule has 0 atom stereocenters. The van der Waals surface area contributed by atoms with Crippen LogP contribution >= 0.6 is 0 Å². The van der Waals surface area contributed by atoms with Gasteiger partial charge in [0.25, 0.3) is 0 Å². The molecule has 2 N–H and O–H groups in total. The van der Waals surface area contributed by atoms with E-state index >= 15 is 0 Å². The van der Waals surface area contributed by atoms with Gasteiger partial charge in [0, 0.05) is 34.2 Å². The molecule has 1 aliphatic carbocycles. The van der Waals surface area contributed by atoms with E-state index in [-0.39, 0.29) is 44.5 Å². The largest absolute Gasteiger partial charge is 0.505 e. The maximum Gasteiger partial charge on any atom is 0.336 e. The van der Waals surface area contributed by atoms with Gasteiger partial charge in [-0.2, -0.15) is 0 Å². The van der Waals surface area contributed by atoms with E-state index in [1.54, 1.807) is 0 Å². The number of carboxylic acid groups (broad SMARTS) is 1. The second kappa shape index (κ2) is 6.52. The Hall–Kier alpha value is -4.07. The van der Waals surface area contributed by atoms with Gasteiger partial charge >= 0.3 is 5.97 Å². The Bertz CT molecular complexity index is 1360. The predicted octanol–water partition coefficient (Wildman–Crippen LogP) is 4.06. The lowest BCUT2D eigenvalue weighted by Gasteiger charge is -2.17. The number of halogens is 2. The lowest BCUT2D eigenvalue weighted by Crippen LogP contribution is -2.08. The van der Waals surface area contributed by atoms with Crippen LogP contribution in [0.4, 0.5) is 8.78 Å². The third-order valence-electron chi connectivity index (χ3n) is 4.52. The molecule has 0 radical (unpaired) electrons. The Labute approximate surface area is 160 Å². The molecule has 0 saturated carbocycles. The summed E-state index contributed by atoms with van der Waals surface area (Å²) >= 11 is 0. The summed E-state index contributed by atoms with van der Waals surface area (Å²) in [7, 11) is 0. The number of benzene rings is 3. The van der Waals surface area contributed by atoms with Gasteiger partial charge in [0.2, 0.25) is 5.43 Å². The highest BCUT2D eigenvalue weighted by Gasteiger charge is 2.24. The number of rotatable bonds is 3. The van der Waals surface area contributed by atoms with E-state index in [4.69, 9.17) is 4.42 Å². The molecule has 8 heteroatoms. The van der Waals surface area contributed by atoms with Crippen LogP contribution in [-0.4, -0.2) is 22.5 Å². The zero-order valence-electron chi connectivity index (χ0n) is 14.4. The number of hydrogen-bond acceptors (Lipinski definition) is 5. The van der Waals surface area contributed by atoms with Gasteiger partial charge in [-0.3, -0.25) is 9.59 Å². The van der Waals surface area contributed by atoms with Crippen LogP contribution in [-0.2, 0) is 0 Å². The standard InChI is InChI=1S/C21H10F2O6/c22-14-4-12-18(6-16(14)25)29-19-7-17(26)15(23)5-13(19)20(12)10-2-1-9(8-24)3-11(10)21(27)28/h1-8,25H,(H,27,28). The van der Waals surface area contributed by atoms with E-state index < -0.39 is 28.8 Å². The molecule has 144 valence electrons. The lowest BCUT2D eigenvalue weighted by atomic mass is 9.90. The van der Waals surface area contributed by atoms with Crippen molar-refractivity contribution in [2.75, 3.05) is 0 Å². The first-order valence-corrected chi connectivity index (χ1v) is 8.21. The molecule has 2 aromatic carbocycles. The molecule has 0 fully saturated rings. The van der Waals surface area contributed by atoms with Crippen molar-refractivity contribution >= 4 is 23.2 Å². The molecule has 0 amide bonds. The van der Waals surface area contributed by atoms with Crippen LogP contribution in [0.1, 0.15) is 20.7 Å². The number of carbonyl (C=O) groups is 2. The predicted molar refractivity (Wildman–Crippen MR) is 98.5 cm³/mol. The van der Waals surface area contributed by atoms with Crippen molar-refractivity contribution in [3.8, 4) is 28.2 Å². The number of fused-ring (bicyclic) bond motifs is 2. The maximum atomic E-state index is 14.1. The molecule has 0 unspecified atom stereocenters. The van der Waals surface area contributed by atoms with Gasteiger partial charge in [-0.25, -0.2) is 13.6 Å². The summed E-state index contributed by atoms with van der Waals surface area (Å²) in [5.74, 6) is -4.28. The molecule has 2 aromatic rings. The van der Waals surface area contributed by atoms with Crippen LogP contribution in [0.5, 0.6) is 5.75 Å². The first-order valence-electron chi connectivity index (χ1n) is 8.21. The molecule has 29 heavy (non-hydrogen) atoms. The van der Waals surface area contributed by atoms with E-state index in [2.05, 4.69) is 0 Å². The molecule has 1 heterocycles. The molecule has 0 aromatic heterocycles. The number of phenols is 1. The number of aromatic hydroxyl groups is 1. The van der Waals surface area contributed by atoms with Gasteiger partial charge in [-0.1, -0.05) is 12.1 Å². The Morgan fingerprint density at radius 1 is 1.00 bits per heavy atom. The first-order chi connectivity index (χ1) is 13.8. The Balaban J connectivity index is 2.25. The zero-order valence-corrected chi connectivity index (χ0v) is 14.4. The van der Waals surface area contributed by atoms with Crippen LogP contribution in [0.15, 0.2) is 51.7 Å². The lowest BCUT2D eigenvalue weighted by molar-refractivity contribution is 0.0697. The number of carbonyl (C=O) groups excluding carboxylic acids is 1. The second-order valence-corrected chi connectivity index (χ2v) is 6.28. The monoisotopic (exact) mass is 396 g/mol. The molecular formula is C21H10F2O6. The minimum Gasteiger partial charge on any atom is -0.505 e. The van der Waals surface area contributed by atoms with E-state index in [0.29, 0.717) is 6.29 Å². The third kappa shape index (κ3) is 2.91. The highest BCUT2D eigenvalue weighted by molar-refractivity contribution is 6.08. The van der Waals surface area contributed by atoms with Crippen molar-refractivity contribution in [3.63, 3.8) is 0 Å². The average molecular weight is 396 g/mol. The van der Waals surface area contributed by atoms with E-state index in [9.17, 15) is 33.4 Å². The molecule has 0 saturated heterocycles. The molecule has 6 nitrogen and oxygen atoms in total. The zero-order chi connectivity index (χ0) is 20.9. The molecule has 0 spiro atoms. The summed E-state index contributed by atoms with van der Waals surface area (Å²) < 4.78 is 33.7. The summed E-state index contributed by atoms with van der Waals surface area (Å²) in [6.07, 6.45) is 0.466. The summed E-state index contributed by atoms with van der Waals surface area (Å²) in [6.45, 7) is 0. The molecular weight excluding hydrogens is 386 g/mol. The summed E-state index contributed by atoms with van der Waals surface area (Å²) in [4.78, 5) is 34.6. The normalized spacial score (nSPS) is 11.1. The van der Waals surface area contributed by atoms with Crippen molar-refractivity contribution in [1.82, 2.24) is 0 Å². The van der Waals surface area contributed by atoms with Crippen molar-refractivity contribution in [1.29, 1.82) is 0 Å². The van der Waals surface area contributed by atoms with Gasteiger partial charge in [-0.05, 0) is 23.8 Å².